The molecule has 2 nitrogen and oxygen atoms in total. The second kappa shape index (κ2) is 4.08. The molecule has 1 fully saturated rings. The number of likely N-dealkylation sites (N-methyl/N-ethyl adjacent to an activating group) is 1. The van der Waals surface area contributed by atoms with Gasteiger partial charge in [-0.05, 0) is 24.7 Å². The average Bonchev–Trinajstić information content (AvgIpc) is 2.16. The van der Waals surface area contributed by atoms with Gasteiger partial charge in [-0.15, -0.1) is 0 Å². The Labute approximate surface area is 93.4 Å². The second-order valence-corrected chi connectivity index (χ2v) is 4.34. The summed E-state index contributed by atoms with van der Waals surface area (Å²) in [5.74, 6) is -0.375. The van der Waals surface area contributed by atoms with Crippen LogP contribution in [0.5, 0.6) is 0 Å². The van der Waals surface area contributed by atoms with Crippen LogP contribution in [0.3, 0.4) is 0 Å². The summed E-state index contributed by atoms with van der Waals surface area (Å²) < 4.78 is 18.3. The van der Waals surface area contributed by atoms with Crippen molar-refractivity contribution in [3.8, 4) is 0 Å². The first kappa shape index (κ1) is 10.9. The van der Waals surface area contributed by atoms with Crippen LogP contribution >= 0.6 is 11.6 Å². The summed E-state index contributed by atoms with van der Waals surface area (Å²) in [6.07, 6.45) is 0. The fourth-order valence-electron chi connectivity index (χ4n) is 1.88. The topological polar surface area (TPSA) is 21.3 Å². The van der Waals surface area contributed by atoms with E-state index in [1.165, 1.54) is 6.07 Å². The smallest absolute Gasteiger partial charge is 0.141 e. The van der Waals surface area contributed by atoms with Crippen LogP contribution in [0.2, 0.25) is 5.02 Å². The normalized spacial score (nSPS) is 18.6. The van der Waals surface area contributed by atoms with Crippen molar-refractivity contribution in [2.45, 2.75) is 5.41 Å². The highest BCUT2D eigenvalue weighted by molar-refractivity contribution is 6.30. The minimum absolute atomic E-state index is 0.0356. The highest BCUT2D eigenvalue weighted by atomic mass is 35.5. The van der Waals surface area contributed by atoms with Crippen molar-refractivity contribution in [3.05, 3.63) is 34.6 Å². The number of nitrogens with one attached hydrogen (secondary N) is 1. The van der Waals surface area contributed by atoms with Crippen LogP contribution in [0.25, 0.3) is 0 Å². The van der Waals surface area contributed by atoms with Gasteiger partial charge in [0.25, 0.3) is 0 Å². The number of benzene rings is 1. The Hall–Kier alpha value is -0.640. The van der Waals surface area contributed by atoms with Crippen molar-refractivity contribution < 1.29 is 9.13 Å². The molecule has 0 bridgehead atoms. The Morgan fingerprint density at radius 3 is 2.73 bits per heavy atom. The Kier molecular flexibility index (Phi) is 2.96. The van der Waals surface area contributed by atoms with Crippen molar-refractivity contribution >= 4 is 11.6 Å². The minimum atomic E-state index is -0.375. The number of halogens is 2. The molecule has 1 aliphatic heterocycles. The molecule has 82 valence electrons. The molecule has 4 heteroatoms. The molecule has 0 amide bonds. The number of rotatable bonds is 3. The highest BCUT2D eigenvalue weighted by Crippen LogP contribution is 2.33. The third-order valence-electron chi connectivity index (χ3n) is 2.80. The molecule has 1 heterocycles. The molecule has 2 rings (SSSR count). The van der Waals surface area contributed by atoms with E-state index in [0.29, 0.717) is 13.2 Å². The Morgan fingerprint density at radius 2 is 2.27 bits per heavy atom. The van der Waals surface area contributed by atoms with Gasteiger partial charge in [0.15, 0.2) is 0 Å². The third-order valence-corrected chi connectivity index (χ3v) is 3.09. The van der Waals surface area contributed by atoms with Gasteiger partial charge in [0.1, 0.15) is 5.82 Å². The molecular weight excluding hydrogens is 217 g/mol. The molecule has 15 heavy (non-hydrogen) atoms. The van der Waals surface area contributed by atoms with Crippen LogP contribution in [0.1, 0.15) is 5.56 Å². The van der Waals surface area contributed by atoms with Crippen molar-refractivity contribution in [1.29, 1.82) is 0 Å². The maximum absolute atomic E-state index is 13.0. The minimum Gasteiger partial charge on any atom is -0.379 e. The zero-order valence-corrected chi connectivity index (χ0v) is 9.27. The van der Waals surface area contributed by atoms with E-state index in [1.54, 1.807) is 12.1 Å². The lowest BCUT2D eigenvalue weighted by Crippen LogP contribution is -2.52. The van der Waals surface area contributed by atoms with Crippen LogP contribution in [0.4, 0.5) is 4.39 Å². The first-order valence-electron chi connectivity index (χ1n) is 4.86. The summed E-state index contributed by atoms with van der Waals surface area (Å²) in [5.41, 5.74) is 1.00. The number of hydrogen-bond donors (Lipinski definition) is 1. The van der Waals surface area contributed by atoms with E-state index in [0.717, 1.165) is 12.1 Å². The molecule has 0 spiro atoms. The van der Waals surface area contributed by atoms with Crippen LogP contribution in [0.15, 0.2) is 18.2 Å². The van der Waals surface area contributed by atoms with Crippen LogP contribution < -0.4 is 5.32 Å². The molecule has 1 aromatic carbocycles. The maximum atomic E-state index is 13.0. The molecule has 0 unspecified atom stereocenters. The molecule has 0 atom stereocenters. The highest BCUT2D eigenvalue weighted by Gasteiger charge is 2.39. The molecular formula is C11H13ClFNO. The first-order valence-corrected chi connectivity index (χ1v) is 5.24. The summed E-state index contributed by atoms with van der Waals surface area (Å²) in [6.45, 7) is 2.14. The van der Waals surface area contributed by atoms with E-state index >= 15 is 0 Å². The standard InChI is InChI=1S/C11H13ClFNO/c1-14-5-11(6-15-7-11)8-2-3-10(13)9(12)4-8/h2-4,14H,5-7H2,1H3. The second-order valence-electron chi connectivity index (χ2n) is 3.93. The first-order chi connectivity index (χ1) is 7.18. The lowest BCUT2D eigenvalue weighted by molar-refractivity contribution is -0.0582. The molecule has 0 saturated carbocycles. The van der Waals surface area contributed by atoms with Gasteiger partial charge in [-0.2, -0.15) is 0 Å². The van der Waals surface area contributed by atoms with E-state index in [4.69, 9.17) is 16.3 Å². The zero-order chi connectivity index (χ0) is 10.9. The van der Waals surface area contributed by atoms with Gasteiger partial charge in [-0.1, -0.05) is 17.7 Å². The SMILES string of the molecule is CNCC1(c2ccc(F)c(Cl)c2)COC1. The van der Waals surface area contributed by atoms with Crippen molar-refractivity contribution in [1.82, 2.24) is 5.32 Å². The maximum Gasteiger partial charge on any atom is 0.141 e. The Bertz CT molecular complexity index is 366. The fraction of sp³-hybridized carbons (Fsp3) is 0.455. The van der Waals surface area contributed by atoms with E-state index in [1.807, 2.05) is 7.05 Å². The van der Waals surface area contributed by atoms with Crippen molar-refractivity contribution in [2.24, 2.45) is 0 Å². The zero-order valence-electron chi connectivity index (χ0n) is 8.52. The van der Waals surface area contributed by atoms with Crippen LogP contribution in [-0.2, 0) is 10.2 Å². The summed E-state index contributed by atoms with van der Waals surface area (Å²) in [7, 11) is 1.89. The van der Waals surface area contributed by atoms with Crippen LogP contribution in [0, 0.1) is 5.82 Å². The largest absolute Gasteiger partial charge is 0.379 e. The quantitative estimate of drug-likeness (QED) is 0.856. The molecule has 0 aliphatic carbocycles. The Balaban J connectivity index is 2.30. The van der Waals surface area contributed by atoms with Gasteiger partial charge < -0.3 is 10.1 Å². The molecule has 0 radical (unpaired) electrons. The number of hydrogen-bond acceptors (Lipinski definition) is 2. The van der Waals surface area contributed by atoms with Crippen molar-refractivity contribution in [2.75, 3.05) is 26.8 Å². The molecule has 1 aromatic rings. The summed E-state index contributed by atoms with van der Waals surface area (Å²) in [4.78, 5) is 0. The number of ether oxygens (including phenoxy) is 1. The van der Waals surface area contributed by atoms with Gasteiger partial charge in [0, 0.05) is 6.54 Å². The Morgan fingerprint density at radius 1 is 1.53 bits per heavy atom. The molecule has 1 saturated heterocycles. The van der Waals surface area contributed by atoms with Gasteiger partial charge >= 0.3 is 0 Å². The van der Waals surface area contributed by atoms with Crippen molar-refractivity contribution in [3.63, 3.8) is 0 Å². The predicted octanol–water partition coefficient (Wildman–Crippen LogP) is 1.97. The average molecular weight is 230 g/mol. The third kappa shape index (κ3) is 1.87. The summed E-state index contributed by atoms with van der Waals surface area (Å²) in [5, 5.41) is 3.30. The van der Waals surface area contributed by atoms with Gasteiger partial charge in [-0.25, -0.2) is 4.39 Å². The van der Waals surface area contributed by atoms with E-state index in [2.05, 4.69) is 5.32 Å². The monoisotopic (exact) mass is 229 g/mol. The van der Waals surface area contributed by atoms with Gasteiger partial charge in [0.2, 0.25) is 0 Å². The summed E-state index contributed by atoms with van der Waals surface area (Å²) >= 11 is 5.76. The van der Waals surface area contributed by atoms with Gasteiger partial charge in [-0.3, -0.25) is 0 Å². The van der Waals surface area contributed by atoms with Gasteiger partial charge in [0.05, 0.1) is 23.7 Å². The summed E-state index contributed by atoms with van der Waals surface area (Å²) in [6, 6.07) is 4.88. The van der Waals surface area contributed by atoms with E-state index in [-0.39, 0.29) is 16.3 Å². The lowest BCUT2D eigenvalue weighted by atomic mass is 9.78. The lowest BCUT2D eigenvalue weighted by Gasteiger charge is -2.42. The van der Waals surface area contributed by atoms with E-state index in [9.17, 15) is 4.39 Å². The molecule has 0 aromatic heterocycles. The van der Waals surface area contributed by atoms with E-state index < -0.39 is 0 Å². The predicted molar refractivity (Wildman–Crippen MR) is 57.8 cm³/mol. The molecule has 1 N–H and O–H groups in total. The molecule has 1 aliphatic rings. The van der Waals surface area contributed by atoms with Crippen LogP contribution in [-0.4, -0.2) is 26.8 Å². The fourth-order valence-corrected chi connectivity index (χ4v) is 2.06.